The molecular formula is C11H21N3O. The molecule has 0 radical (unpaired) electrons. The summed E-state index contributed by atoms with van der Waals surface area (Å²) >= 11 is 0. The van der Waals surface area contributed by atoms with E-state index in [1.54, 1.807) is 7.11 Å². The first-order valence-electron chi connectivity index (χ1n) is 5.26. The number of rotatable bonds is 5. The molecule has 0 aliphatic heterocycles. The van der Waals surface area contributed by atoms with Crippen LogP contribution >= 0.6 is 0 Å². The third kappa shape index (κ3) is 3.04. The number of nitrogens with zero attached hydrogens (tertiary/aromatic N) is 2. The minimum absolute atomic E-state index is 0.0947. The van der Waals surface area contributed by atoms with Crippen molar-refractivity contribution in [1.82, 2.24) is 9.55 Å². The van der Waals surface area contributed by atoms with E-state index < -0.39 is 0 Å². The zero-order chi connectivity index (χ0) is 11.5. The summed E-state index contributed by atoms with van der Waals surface area (Å²) < 4.78 is 7.54. The SMILES string of the molecule is COC(C)(C)CCn1c(CN)cnc1C. The Bertz CT molecular complexity index is 318. The topological polar surface area (TPSA) is 53.1 Å². The van der Waals surface area contributed by atoms with E-state index in [-0.39, 0.29) is 5.60 Å². The Morgan fingerprint density at radius 3 is 2.73 bits per heavy atom. The number of aromatic nitrogens is 2. The molecule has 0 fully saturated rings. The molecule has 4 heteroatoms. The zero-order valence-electron chi connectivity index (χ0n) is 10.1. The summed E-state index contributed by atoms with van der Waals surface area (Å²) in [6.45, 7) is 7.61. The molecule has 0 amide bonds. The van der Waals surface area contributed by atoms with Crippen molar-refractivity contribution in [3.8, 4) is 0 Å². The van der Waals surface area contributed by atoms with Crippen LogP contribution in [0.25, 0.3) is 0 Å². The molecule has 4 nitrogen and oxygen atoms in total. The van der Waals surface area contributed by atoms with Gasteiger partial charge in [0.1, 0.15) is 5.82 Å². The van der Waals surface area contributed by atoms with E-state index in [0.717, 1.165) is 24.5 Å². The second-order valence-electron chi connectivity index (χ2n) is 4.37. The van der Waals surface area contributed by atoms with E-state index in [1.165, 1.54) is 0 Å². The van der Waals surface area contributed by atoms with Crippen molar-refractivity contribution in [2.24, 2.45) is 5.73 Å². The average molecular weight is 211 g/mol. The first-order chi connectivity index (χ1) is 7.00. The Hall–Kier alpha value is -0.870. The molecule has 1 heterocycles. The highest BCUT2D eigenvalue weighted by Gasteiger charge is 2.17. The summed E-state index contributed by atoms with van der Waals surface area (Å²) in [6, 6.07) is 0. The summed E-state index contributed by atoms with van der Waals surface area (Å²) in [5, 5.41) is 0. The lowest BCUT2D eigenvalue weighted by Crippen LogP contribution is -2.25. The van der Waals surface area contributed by atoms with Gasteiger partial charge in [0.05, 0.1) is 11.3 Å². The number of nitrogens with two attached hydrogens (primary N) is 1. The van der Waals surface area contributed by atoms with E-state index in [9.17, 15) is 0 Å². The zero-order valence-corrected chi connectivity index (χ0v) is 10.1. The van der Waals surface area contributed by atoms with Gasteiger partial charge in [0.15, 0.2) is 0 Å². The van der Waals surface area contributed by atoms with Gasteiger partial charge in [-0.25, -0.2) is 4.98 Å². The van der Waals surface area contributed by atoms with Crippen molar-refractivity contribution in [3.63, 3.8) is 0 Å². The van der Waals surface area contributed by atoms with Crippen LogP contribution in [0.3, 0.4) is 0 Å². The van der Waals surface area contributed by atoms with Crippen molar-refractivity contribution >= 4 is 0 Å². The molecule has 86 valence electrons. The molecule has 0 atom stereocenters. The molecule has 1 aromatic heterocycles. The summed E-state index contributed by atoms with van der Waals surface area (Å²) in [4.78, 5) is 4.26. The van der Waals surface area contributed by atoms with Crippen LogP contribution in [-0.2, 0) is 17.8 Å². The molecule has 0 bridgehead atoms. The van der Waals surface area contributed by atoms with Gasteiger partial charge in [-0.1, -0.05) is 0 Å². The smallest absolute Gasteiger partial charge is 0.105 e. The van der Waals surface area contributed by atoms with Gasteiger partial charge < -0.3 is 15.0 Å². The van der Waals surface area contributed by atoms with Gasteiger partial charge in [0.25, 0.3) is 0 Å². The van der Waals surface area contributed by atoms with Crippen molar-refractivity contribution in [1.29, 1.82) is 0 Å². The van der Waals surface area contributed by atoms with Crippen molar-refractivity contribution in [2.75, 3.05) is 7.11 Å². The van der Waals surface area contributed by atoms with Gasteiger partial charge in [-0.05, 0) is 27.2 Å². The minimum atomic E-state index is -0.0947. The predicted octanol–water partition coefficient (Wildman–Crippen LogP) is 1.47. The van der Waals surface area contributed by atoms with Gasteiger partial charge >= 0.3 is 0 Å². The average Bonchev–Trinajstić information content (AvgIpc) is 2.56. The maximum atomic E-state index is 5.64. The molecule has 0 spiro atoms. The number of imidazole rings is 1. The lowest BCUT2D eigenvalue weighted by molar-refractivity contribution is 0.0118. The maximum absolute atomic E-state index is 5.64. The molecule has 0 unspecified atom stereocenters. The van der Waals surface area contributed by atoms with E-state index in [4.69, 9.17) is 10.5 Å². The molecule has 1 rings (SSSR count). The van der Waals surface area contributed by atoms with Crippen molar-refractivity contribution < 1.29 is 4.74 Å². The van der Waals surface area contributed by atoms with Gasteiger partial charge in [-0.2, -0.15) is 0 Å². The van der Waals surface area contributed by atoms with Crippen molar-refractivity contribution in [2.45, 2.75) is 45.9 Å². The monoisotopic (exact) mass is 211 g/mol. The summed E-state index contributed by atoms with van der Waals surface area (Å²) in [5.41, 5.74) is 6.63. The molecule has 1 aromatic rings. The molecule has 0 aliphatic rings. The fourth-order valence-corrected chi connectivity index (χ4v) is 1.47. The van der Waals surface area contributed by atoms with E-state index in [0.29, 0.717) is 6.54 Å². The van der Waals surface area contributed by atoms with Crippen LogP contribution in [0.2, 0.25) is 0 Å². The highest BCUT2D eigenvalue weighted by atomic mass is 16.5. The van der Waals surface area contributed by atoms with E-state index >= 15 is 0 Å². The van der Waals surface area contributed by atoms with Crippen LogP contribution in [0.15, 0.2) is 6.20 Å². The van der Waals surface area contributed by atoms with Crippen LogP contribution in [0, 0.1) is 6.92 Å². The fourth-order valence-electron chi connectivity index (χ4n) is 1.47. The quantitative estimate of drug-likeness (QED) is 0.802. The Morgan fingerprint density at radius 1 is 1.53 bits per heavy atom. The Labute approximate surface area is 91.4 Å². The number of hydrogen-bond donors (Lipinski definition) is 1. The van der Waals surface area contributed by atoms with Crippen LogP contribution in [-0.4, -0.2) is 22.3 Å². The fraction of sp³-hybridized carbons (Fsp3) is 0.727. The normalized spacial score (nSPS) is 12.1. The minimum Gasteiger partial charge on any atom is -0.379 e. The maximum Gasteiger partial charge on any atom is 0.105 e. The van der Waals surface area contributed by atoms with E-state index in [1.807, 2.05) is 13.1 Å². The van der Waals surface area contributed by atoms with Crippen LogP contribution in [0.5, 0.6) is 0 Å². The molecule has 0 saturated heterocycles. The standard InChI is InChI=1S/C11H21N3O/c1-9-13-8-10(7-12)14(9)6-5-11(2,3)15-4/h8H,5-7,12H2,1-4H3. The Kier molecular flexibility index (Phi) is 3.88. The highest BCUT2D eigenvalue weighted by molar-refractivity contribution is 5.04. The Morgan fingerprint density at radius 2 is 2.20 bits per heavy atom. The number of hydrogen-bond acceptors (Lipinski definition) is 3. The lowest BCUT2D eigenvalue weighted by atomic mass is 10.1. The van der Waals surface area contributed by atoms with Crippen LogP contribution < -0.4 is 5.73 Å². The summed E-state index contributed by atoms with van der Waals surface area (Å²) in [6.07, 6.45) is 2.79. The van der Waals surface area contributed by atoms with Gasteiger partial charge in [0.2, 0.25) is 0 Å². The van der Waals surface area contributed by atoms with Crippen LogP contribution in [0.4, 0.5) is 0 Å². The third-order valence-electron chi connectivity index (χ3n) is 2.84. The van der Waals surface area contributed by atoms with Gasteiger partial charge in [-0.15, -0.1) is 0 Å². The number of aryl methyl sites for hydroxylation is 1. The second-order valence-corrected chi connectivity index (χ2v) is 4.37. The van der Waals surface area contributed by atoms with E-state index in [2.05, 4.69) is 23.4 Å². The van der Waals surface area contributed by atoms with Gasteiger partial charge in [-0.3, -0.25) is 0 Å². The number of methoxy groups -OCH3 is 1. The molecule has 15 heavy (non-hydrogen) atoms. The predicted molar refractivity (Wildman–Crippen MR) is 60.6 cm³/mol. The molecular weight excluding hydrogens is 190 g/mol. The third-order valence-corrected chi connectivity index (χ3v) is 2.84. The first kappa shape index (κ1) is 12.2. The lowest BCUT2D eigenvalue weighted by Gasteiger charge is -2.23. The van der Waals surface area contributed by atoms with Crippen molar-refractivity contribution in [3.05, 3.63) is 17.7 Å². The van der Waals surface area contributed by atoms with Crippen LogP contribution in [0.1, 0.15) is 31.8 Å². The van der Waals surface area contributed by atoms with Gasteiger partial charge in [0, 0.05) is 26.4 Å². The summed E-state index contributed by atoms with van der Waals surface area (Å²) in [5.74, 6) is 1.02. The summed E-state index contributed by atoms with van der Waals surface area (Å²) in [7, 11) is 1.74. The first-order valence-corrected chi connectivity index (χ1v) is 5.26. The number of ether oxygens (including phenoxy) is 1. The Balaban J connectivity index is 2.68. The second kappa shape index (κ2) is 4.77. The molecule has 0 aliphatic carbocycles. The molecule has 0 saturated carbocycles. The molecule has 2 N–H and O–H groups in total. The molecule has 0 aromatic carbocycles. The largest absolute Gasteiger partial charge is 0.379 e. The highest BCUT2D eigenvalue weighted by Crippen LogP contribution is 2.16.